The van der Waals surface area contributed by atoms with Gasteiger partial charge in [0.1, 0.15) is 0 Å². The number of benzene rings is 2. The summed E-state index contributed by atoms with van der Waals surface area (Å²) in [7, 11) is 0. The van der Waals surface area contributed by atoms with Gasteiger partial charge < -0.3 is 0 Å². The molecule has 0 spiro atoms. The van der Waals surface area contributed by atoms with E-state index in [4.69, 9.17) is 0 Å². The van der Waals surface area contributed by atoms with E-state index in [1.807, 2.05) is 0 Å². The predicted octanol–water partition coefficient (Wildman–Crippen LogP) is 6.80. The zero-order valence-electron chi connectivity index (χ0n) is 12.6. The van der Waals surface area contributed by atoms with Crippen molar-refractivity contribution in [3.8, 4) is 11.1 Å². The number of hydrogen-bond acceptors (Lipinski definition) is 0. The van der Waals surface area contributed by atoms with Gasteiger partial charge in [0.15, 0.2) is 0 Å². The minimum Gasteiger partial charge on any atom is -0.0682 e. The molecule has 0 amide bonds. The molecule has 0 atom stereocenters. The Balaban J connectivity index is 1.95. The zero-order chi connectivity index (χ0) is 15.4. The highest BCUT2D eigenvalue weighted by Crippen LogP contribution is 2.43. The molecule has 110 valence electrons. The third-order valence-electron chi connectivity index (χ3n) is 4.59. The second kappa shape index (κ2) is 5.21. The van der Waals surface area contributed by atoms with Gasteiger partial charge in [-0.2, -0.15) is 0 Å². The van der Waals surface area contributed by atoms with Gasteiger partial charge >= 0.3 is 0 Å². The van der Waals surface area contributed by atoms with Gasteiger partial charge in [-0.05, 0) is 72.2 Å². The lowest BCUT2D eigenvalue weighted by Gasteiger charge is -2.15. The van der Waals surface area contributed by atoms with Crippen LogP contribution in [0.3, 0.4) is 0 Å². The van der Waals surface area contributed by atoms with Crippen molar-refractivity contribution in [3.05, 3.63) is 66.6 Å². The summed E-state index contributed by atoms with van der Waals surface area (Å²) in [5, 5.41) is 0. The number of rotatable bonds is 1. The van der Waals surface area contributed by atoms with Crippen molar-refractivity contribution in [3.63, 3.8) is 0 Å². The third-order valence-corrected chi connectivity index (χ3v) is 5.97. The molecule has 0 aliphatic heterocycles. The summed E-state index contributed by atoms with van der Waals surface area (Å²) in [5.41, 5.74) is 11.3. The first kappa shape index (κ1) is 14.5. The standard InChI is InChI=1S/C20H16Br2/c1-11-7-15-13(3-5-19(21)17(15)9-11)14-4-6-20(22)18-10-12(2)8-16(14)18/h3-6,9-10H,7-8H2,1-2H3. The summed E-state index contributed by atoms with van der Waals surface area (Å²) in [6.07, 6.45) is 6.74. The van der Waals surface area contributed by atoms with Crippen LogP contribution in [0.5, 0.6) is 0 Å². The van der Waals surface area contributed by atoms with Crippen molar-refractivity contribution in [2.24, 2.45) is 0 Å². The average Bonchev–Trinajstić information content (AvgIpc) is 3.04. The molecule has 22 heavy (non-hydrogen) atoms. The predicted molar refractivity (Wildman–Crippen MR) is 102 cm³/mol. The topological polar surface area (TPSA) is 0 Å². The maximum Gasteiger partial charge on any atom is 0.0251 e. The van der Waals surface area contributed by atoms with Gasteiger partial charge in [0, 0.05) is 8.95 Å². The lowest BCUT2D eigenvalue weighted by atomic mass is 9.91. The fourth-order valence-electron chi connectivity index (χ4n) is 3.62. The van der Waals surface area contributed by atoms with Crippen LogP contribution in [0, 0.1) is 0 Å². The van der Waals surface area contributed by atoms with Gasteiger partial charge in [-0.3, -0.25) is 0 Å². The molecule has 0 radical (unpaired) electrons. The van der Waals surface area contributed by atoms with Crippen LogP contribution in [0.4, 0.5) is 0 Å². The Hall–Kier alpha value is -1.12. The summed E-state index contributed by atoms with van der Waals surface area (Å²) in [4.78, 5) is 0. The van der Waals surface area contributed by atoms with Crippen molar-refractivity contribution >= 4 is 44.0 Å². The van der Waals surface area contributed by atoms with Gasteiger partial charge in [0.05, 0.1) is 0 Å². The number of fused-ring (bicyclic) bond motifs is 2. The molecule has 0 heterocycles. The maximum absolute atomic E-state index is 3.70. The Kier molecular flexibility index (Phi) is 3.43. The van der Waals surface area contributed by atoms with Crippen LogP contribution in [-0.2, 0) is 12.8 Å². The molecule has 0 aromatic heterocycles. The Morgan fingerprint density at radius 1 is 0.682 bits per heavy atom. The molecule has 2 aromatic carbocycles. The first-order valence-corrected chi connectivity index (χ1v) is 9.10. The summed E-state index contributed by atoms with van der Waals surface area (Å²) in [5.74, 6) is 0. The van der Waals surface area contributed by atoms with E-state index in [2.05, 4.69) is 82.1 Å². The molecule has 2 aromatic rings. The number of hydrogen-bond donors (Lipinski definition) is 0. The van der Waals surface area contributed by atoms with Crippen LogP contribution < -0.4 is 0 Å². The molecular formula is C20H16Br2. The third kappa shape index (κ3) is 2.16. The van der Waals surface area contributed by atoms with Crippen molar-refractivity contribution in [2.45, 2.75) is 26.7 Å². The summed E-state index contributed by atoms with van der Waals surface area (Å²) in [6, 6.07) is 8.92. The molecular weight excluding hydrogens is 400 g/mol. The van der Waals surface area contributed by atoms with E-state index in [0.717, 1.165) is 12.8 Å². The van der Waals surface area contributed by atoms with E-state index in [1.54, 1.807) is 0 Å². The van der Waals surface area contributed by atoms with Crippen LogP contribution in [0.15, 0.2) is 44.4 Å². The Labute approximate surface area is 148 Å². The van der Waals surface area contributed by atoms with E-state index in [1.165, 1.54) is 53.5 Å². The van der Waals surface area contributed by atoms with E-state index >= 15 is 0 Å². The normalized spacial score (nSPS) is 15.5. The molecule has 0 fully saturated rings. The van der Waals surface area contributed by atoms with Crippen LogP contribution in [0.1, 0.15) is 36.1 Å². The summed E-state index contributed by atoms with van der Waals surface area (Å²) < 4.78 is 2.40. The van der Waals surface area contributed by atoms with Crippen molar-refractivity contribution in [1.29, 1.82) is 0 Å². The fraction of sp³-hybridized carbons (Fsp3) is 0.200. The second-order valence-electron chi connectivity index (χ2n) is 6.31. The van der Waals surface area contributed by atoms with E-state index in [0.29, 0.717) is 0 Å². The zero-order valence-corrected chi connectivity index (χ0v) is 15.8. The van der Waals surface area contributed by atoms with Crippen LogP contribution >= 0.6 is 31.9 Å². The monoisotopic (exact) mass is 414 g/mol. The number of halogens is 2. The summed E-state index contributed by atoms with van der Waals surface area (Å²) in [6.45, 7) is 4.43. The minimum atomic E-state index is 1.06. The van der Waals surface area contributed by atoms with E-state index < -0.39 is 0 Å². The first-order chi connectivity index (χ1) is 10.5. The molecule has 0 saturated heterocycles. The molecule has 0 N–H and O–H groups in total. The first-order valence-electron chi connectivity index (χ1n) is 7.52. The van der Waals surface area contributed by atoms with Gasteiger partial charge in [0.2, 0.25) is 0 Å². The van der Waals surface area contributed by atoms with Crippen LogP contribution in [0.25, 0.3) is 23.3 Å². The molecule has 4 rings (SSSR count). The second-order valence-corrected chi connectivity index (χ2v) is 8.02. The largest absolute Gasteiger partial charge is 0.0682 e. The Morgan fingerprint density at radius 2 is 1.09 bits per heavy atom. The molecule has 0 nitrogen and oxygen atoms in total. The lowest BCUT2D eigenvalue weighted by Crippen LogP contribution is -1.96. The van der Waals surface area contributed by atoms with Gasteiger partial charge in [-0.25, -0.2) is 0 Å². The van der Waals surface area contributed by atoms with Crippen molar-refractivity contribution in [2.75, 3.05) is 0 Å². The van der Waals surface area contributed by atoms with Crippen LogP contribution in [-0.4, -0.2) is 0 Å². The highest BCUT2D eigenvalue weighted by Gasteiger charge is 2.22. The van der Waals surface area contributed by atoms with Gasteiger partial charge in [-0.1, -0.05) is 67.3 Å². The minimum absolute atomic E-state index is 1.06. The highest BCUT2D eigenvalue weighted by atomic mass is 79.9. The molecule has 0 unspecified atom stereocenters. The number of allylic oxidation sites excluding steroid dienone is 2. The summed E-state index contributed by atoms with van der Waals surface area (Å²) >= 11 is 7.41. The Bertz CT molecular complexity index is 796. The van der Waals surface area contributed by atoms with Gasteiger partial charge in [0.25, 0.3) is 0 Å². The molecule has 0 bridgehead atoms. The molecule has 2 heteroatoms. The smallest absolute Gasteiger partial charge is 0.0251 e. The molecule has 2 aliphatic rings. The molecule has 0 saturated carbocycles. The SMILES string of the molecule is CC1=Cc2c(Br)ccc(-c3ccc(Br)c4c3CC(C)=C4)c2C1. The maximum atomic E-state index is 3.70. The van der Waals surface area contributed by atoms with E-state index in [-0.39, 0.29) is 0 Å². The van der Waals surface area contributed by atoms with E-state index in [9.17, 15) is 0 Å². The highest BCUT2D eigenvalue weighted by molar-refractivity contribution is 9.10. The lowest BCUT2D eigenvalue weighted by molar-refractivity contribution is 1.17. The van der Waals surface area contributed by atoms with Crippen molar-refractivity contribution in [1.82, 2.24) is 0 Å². The van der Waals surface area contributed by atoms with Gasteiger partial charge in [-0.15, -0.1) is 0 Å². The Morgan fingerprint density at radius 3 is 1.50 bits per heavy atom. The quantitative estimate of drug-likeness (QED) is 0.480. The van der Waals surface area contributed by atoms with Crippen molar-refractivity contribution < 1.29 is 0 Å². The molecule has 2 aliphatic carbocycles. The van der Waals surface area contributed by atoms with Crippen LogP contribution in [0.2, 0.25) is 0 Å². The fourth-order valence-corrected chi connectivity index (χ4v) is 4.59. The average molecular weight is 416 g/mol.